The van der Waals surface area contributed by atoms with E-state index in [9.17, 15) is 14.7 Å². The predicted molar refractivity (Wildman–Crippen MR) is 119 cm³/mol. The average molecular weight is 430 g/mol. The number of ether oxygens (including phenoxy) is 2. The fourth-order valence-corrected chi connectivity index (χ4v) is 4.58. The van der Waals surface area contributed by atoms with Gasteiger partial charge in [0.05, 0.1) is 25.4 Å². The number of hydrogen-bond acceptors (Lipinski definition) is 6. The van der Waals surface area contributed by atoms with E-state index in [-0.39, 0.29) is 17.1 Å². The number of carbonyl (C=O) groups is 2. The number of aromatic hydroxyl groups is 1. The van der Waals surface area contributed by atoms with Crippen LogP contribution in [0.2, 0.25) is 0 Å². The van der Waals surface area contributed by atoms with Gasteiger partial charge in [0.2, 0.25) is 0 Å². The summed E-state index contributed by atoms with van der Waals surface area (Å²) < 4.78 is 10.4. The number of nitrogens with one attached hydrogen (secondary N) is 1. The molecule has 0 amide bonds. The molecule has 2 N–H and O–H groups in total. The van der Waals surface area contributed by atoms with Crippen molar-refractivity contribution in [2.75, 3.05) is 20.8 Å². The van der Waals surface area contributed by atoms with Crippen molar-refractivity contribution in [1.82, 2.24) is 9.88 Å². The van der Waals surface area contributed by atoms with Crippen LogP contribution in [-0.4, -0.2) is 47.5 Å². The molecule has 32 heavy (non-hydrogen) atoms. The Bertz CT molecular complexity index is 1320. The lowest BCUT2D eigenvalue weighted by molar-refractivity contribution is -0.137. The number of hydrogen-bond donors (Lipinski definition) is 2. The van der Waals surface area contributed by atoms with Crippen molar-refractivity contribution in [3.63, 3.8) is 0 Å². The van der Waals surface area contributed by atoms with E-state index in [0.717, 1.165) is 34.3 Å². The van der Waals surface area contributed by atoms with Crippen LogP contribution in [0.25, 0.3) is 10.9 Å². The van der Waals surface area contributed by atoms with E-state index in [1.165, 1.54) is 13.2 Å². The standard InChI is InChI=1S/C25H22N2O5/c1-31-15-7-8-20-18(12-15)16-9-10-27-13-14(24(29)17-5-3-4-6-21(17)28)11-19(25(30)32-2)23(27)22(16)26-20/h3-8,11-13,23,26,28H,9-10H2,1-2H3. The number of phenolic OH excluding ortho intramolecular Hbond substituents is 1. The van der Waals surface area contributed by atoms with Crippen LogP contribution < -0.4 is 4.74 Å². The number of aromatic amines is 1. The molecule has 2 aliphatic rings. The SMILES string of the molecule is COC(=O)C1=CC(C(=O)c2ccccc2O)=CN2CCc3c([nH]c4ccc(OC)cc34)C12. The summed E-state index contributed by atoms with van der Waals surface area (Å²) in [4.78, 5) is 31.4. The van der Waals surface area contributed by atoms with Crippen LogP contribution in [0.5, 0.6) is 11.5 Å². The maximum Gasteiger partial charge on any atom is 0.336 e. The number of Topliss-reactive ketones (excluding diaryl/α,β-unsaturated/α-hetero) is 1. The second-order valence-corrected chi connectivity index (χ2v) is 7.84. The van der Waals surface area contributed by atoms with Crippen LogP contribution in [0.4, 0.5) is 0 Å². The van der Waals surface area contributed by atoms with E-state index in [2.05, 4.69) is 4.98 Å². The van der Waals surface area contributed by atoms with Crippen LogP contribution in [-0.2, 0) is 16.0 Å². The Hall–Kier alpha value is -4.00. The highest BCUT2D eigenvalue weighted by atomic mass is 16.5. The molecule has 0 spiro atoms. The summed E-state index contributed by atoms with van der Waals surface area (Å²) in [6, 6.07) is 11.8. The van der Waals surface area contributed by atoms with Crippen molar-refractivity contribution in [1.29, 1.82) is 0 Å². The third-order valence-corrected chi connectivity index (χ3v) is 6.11. The maximum absolute atomic E-state index is 13.1. The zero-order valence-corrected chi connectivity index (χ0v) is 17.7. The minimum atomic E-state index is -0.500. The van der Waals surface area contributed by atoms with E-state index >= 15 is 0 Å². The molecule has 3 heterocycles. The second kappa shape index (κ2) is 7.60. The minimum absolute atomic E-state index is 0.0981. The van der Waals surface area contributed by atoms with E-state index < -0.39 is 12.0 Å². The fraction of sp³-hybridized carbons (Fsp3) is 0.200. The molecule has 0 aliphatic carbocycles. The first-order chi connectivity index (χ1) is 15.5. The van der Waals surface area contributed by atoms with Crippen LogP contribution in [0.1, 0.15) is 27.7 Å². The number of para-hydroxylation sites is 1. The predicted octanol–water partition coefficient (Wildman–Crippen LogP) is 3.66. The lowest BCUT2D eigenvalue weighted by Gasteiger charge is -2.38. The fourth-order valence-electron chi connectivity index (χ4n) is 4.58. The molecule has 1 aromatic heterocycles. The summed E-state index contributed by atoms with van der Waals surface area (Å²) in [5.74, 6) is -0.182. The largest absolute Gasteiger partial charge is 0.507 e. The quantitative estimate of drug-likeness (QED) is 0.485. The van der Waals surface area contributed by atoms with E-state index in [1.54, 1.807) is 37.6 Å². The van der Waals surface area contributed by atoms with Crippen molar-refractivity contribution < 1.29 is 24.2 Å². The number of aromatic nitrogens is 1. The van der Waals surface area contributed by atoms with Gasteiger partial charge in [0.1, 0.15) is 17.5 Å². The Morgan fingerprint density at radius 2 is 1.97 bits per heavy atom. The summed E-state index contributed by atoms with van der Waals surface area (Å²) in [7, 11) is 2.96. The first kappa shape index (κ1) is 19.9. The van der Waals surface area contributed by atoms with Gasteiger partial charge in [-0.05, 0) is 48.4 Å². The zero-order chi connectivity index (χ0) is 22.4. The number of fused-ring (bicyclic) bond motifs is 5. The molecule has 5 rings (SSSR count). The molecule has 0 fully saturated rings. The lowest BCUT2D eigenvalue weighted by atomic mass is 9.87. The van der Waals surface area contributed by atoms with Gasteiger partial charge in [-0.1, -0.05) is 12.1 Å². The average Bonchev–Trinajstić information content (AvgIpc) is 3.20. The Morgan fingerprint density at radius 1 is 1.16 bits per heavy atom. The molecular formula is C25H22N2O5. The number of benzene rings is 2. The summed E-state index contributed by atoms with van der Waals surface area (Å²) >= 11 is 0. The molecule has 1 atom stereocenters. The number of rotatable bonds is 4. The number of nitrogens with zero attached hydrogens (tertiary/aromatic N) is 1. The van der Waals surface area contributed by atoms with Crippen molar-refractivity contribution in [2.24, 2.45) is 0 Å². The third-order valence-electron chi connectivity index (χ3n) is 6.11. The van der Waals surface area contributed by atoms with Crippen LogP contribution >= 0.6 is 0 Å². The molecular weight excluding hydrogens is 408 g/mol. The van der Waals surface area contributed by atoms with Crippen molar-refractivity contribution in [2.45, 2.75) is 12.5 Å². The van der Waals surface area contributed by atoms with Gasteiger partial charge in [0.15, 0.2) is 5.78 Å². The molecule has 1 unspecified atom stereocenters. The molecule has 2 aromatic carbocycles. The summed E-state index contributed by atoms with van der Waals surface area (Å²) in [5, 5.41) is 11.2. The van der Waals surface area contributed by atoms with Gasteiger partial charge in [-0.2, -0.15) is 0 Å². The van der Waals surface area contributed by atoms with Gasteiger partial charge >= 0.3 is 5.97 Å². The van der Waals surface area contributed by atoms with Crippen molar-refractivity contribution in [3.05, 3.63) is 82.7 Å². The molecule has 0 saturated carbocycles. The molecule has 0 radical (unpaired) electrons. The normalized spacial score (nSPS) is 17.2. The highest BCUT2D eigenvalue weighted by Crippen LogP contribution is 2.42. The van der Waals surface area contributed by atoms with Gasteiger partial charge in [-0.3, -0.25) is 4.79 Å². The Morgan fingerprint density at radius 3 is 2.72 bits per heavy atom. The van der Waals surface area contributed by atoms with E-state index in [4.69, 9.17) is 9.47 Å². The van der Waals surface area contributed by atoms with Crippen LogP contribution in [0.15, 0.2) is 65.9 Å². The highest BCUT2D eigenvalue weighted by Gasteiger charge is 2.38. The smallest absolute Gasteiger partial charge is 0.336 e. The lowest BCUT2D eigenvalue weighted by Crippen LogP contribution is -2.37. The summed E-state index contributed by atoms with van der Waals surface area (Å²) in [6.45, 7) is 0.619. The Kier molecular flexibility index (Phi) is 4.74. The molecule has 7 nitrogen and oxygen atoms in total. The van der Waals surface area contributed by atoms with Gasteiger partial charge in [0.25, 0.3) is 0 Å². The number of H-pyrrole nitrogens is 1. The van der Waals surface area contributed by atoms with Crippen molar-refractivity contribution in [3.8, 4) is 11.5 Å². The van der Waals surface area contributed by atoms with Gasteiger partial charge in [-0.15, -0.1) is 0 Å². The minimum Gasteiger partial charge on any atom is -0.507 e. The topological polar surface area (TPSA) is 91.9 Å². The first-order valence-corrected chi connectivity index (χ1v) is 10.3. The highest BCUT2D eigenvalue weighted by molar-refractivity contribution is 6.13. The third kappa shape index (κ3) is 3.05. The molecule has 3 aromatic rings. The summed E-state index contributed by atoms with van der Waals surface area (Å²) in [5.41, 5.74) is 3.87. The van der Waals surface area contributed by atoms with Gasteiger partial charge in [-0.25, -0.2) is 4.79 Å². The number of esters is 1. The zero-order valence-electron chi connectivity index (χ0n) is 17.7. The number of allylic oxidation sites excluding steroid dienone is 2. The molecule has 0 bridgehead atoms. The number of carbonyl (C=O) groups excluding carboxylic acids is 2. The Labute approximate surface area is 184 Å². The van der Waals surface area contributed by atoms with Crippen LogP contribution in [0.3, 0.4) is 0 Å². The molecule has 162 valence electrons. The number of methoxy groups -OCH3 is 2. The van der Waals surface area contributed by atoms with Gasteiger partial charge < -0.3 is 24.5 Å². The summed E-state index contributed by atoms with van der Waals surface area (Å²) in [6.07, 6.45) is 4.08. The maximum atomic E-state index is 13.1. The van der Waals surface area contributed by atoms with Crippen LogP contribution in [0, 0.1) is 0 Å². The number of ketones is 1. The van der Waals surface area contributed by atoms with Crippen molar-refractivity contribution >= 4 is 22.7 Å². The monoisotopic (exact) mass is 430 g/mol. The first-order valence-electron chi connectivity index (χ1n) is 10.3. The van der Waals surface area contributed by atoms with E-state index in [1.807, 2.05) is 23.1 Å². The van der Waals surface area contributed by atoms with Gasteiger partial charge in [0, 0.05) is 34.9 Å². The molecule has 7 heteroatoms. The molecule has 2 aliphatic heterocycles. The molecule has 0 saturated heterocycles. The second-order valence-electron chi connectivity index (χ2n) is 7.84. The Balaban J connectivity index is 1.62. The number of phenols is 1. The van der Waals surface area contributed by atoms with E-state index in [0.29, 0.717) is 17.7 Å².